The highest BCUT2D eigenvalue weighted by Crippen LogP contribution is 2.45. The van der Waals surface area contributed by atoms with E-state index in [0.717, 1.165) is 14.7 Å². The first kappa shape index (κ1) is 11.3. The second-order valence-electron chi connectivity index (χ2n) is 4.06. The number of benzene rings is 1. The van der Waals surface area contributed by atoms with E-state index >= 15 is 0 Å². The number of carbonyl (C=O) groups excluding carboxylic acids is 2. The van der Waals surface area contributed by atoms with E-state index in [9.17, 15) is 9.59 Å². The Balaban J connectivity index is 2.20. The van der Waals surface area contributed by atoms with E-state index in [1.54, 1.807) is 12.1 Å². The average molecular weight is 364 g/mol. The largest absolute Gasteiger partial charge is 0.427 e. The molecule has 1 heterocycles. The van der Waals surface area contributed by atoms with Crippen LogP contribution in [0.1, 0.15) is 17.5 Å². The minimum Gasteiger partial charge on any atom is -0.427 e. The van der Waals surface area contributed by atoms with Crippen molar-refractivity contribution in [1.29, 1.82) is 0 Å². The molecule has 2 amide bonds. The molecule has 0 aromatic heterocycles. The molecule has 0 saturated carbocycles. The van der Waals surface area contributed by atoms with Crippen LogP contribution in [0.3, 0.4) is 0 Å². The molecular formula is C11H7ClINO3. The molecule has 17 heavy (non-hydrogen) atoms. The van der Waals surface area contributed by atoms with Gasteiger partial charge in [-0.3, -0.25) is 10.1 Å². The normalized spacial score (nSPS) is 26.0. The zero-order chi connectivity index (χ0) is 12.2. The van der Waals surface area contributed by atoms with Gasteiger partial charge >= 0.3 is 6.09 Å². The lowest BCUT2D eigenvalue weighted by atomic mass is 9.95. The predicted molar refractivity (Wildman–Crippen MR) is 68.8 cm³/mol. The van der Waals surface area contributed by atoms with Gasteiger partial charge in [0.05, 0.1) is 5.02 Å². The summed E-state index contributed by atoms with van der Waals surface area (Å²) < 4.78 is 6.12. The van der Waals surface area contributed by atoms with Crippen LogP contribution in [-0.4, -0.2) is 12.0 Å². The second kappa shape index (κ2) is 3.58. The molecule has 1 N–H and O–H groups in total. The molecule has 1 aliphatic heterocycles. The Morgan fingerprint density at radius 2 is 2.18 bits per heavy atom. The number of ether oxygens (including phenoxy) is 1. The van der Waals surface area contributed by atoms with Crippen LogP contribution in [0.25, 0.3) is 0 Å². The molecule has 1 saturated heterocycles. The second-order valence-corrected chi connectivity index (χ2v) is 5.54. The number of rotatable bonds is 0. The molecule has 1 aromatic carbocycles. The van der Waals surface area contributed by atoms with Gasteiger partial charge < -0.3 is 4.74 Å². The number of hydrogen-bond acceptors (Lipinski definition) is 3. The molecule has 88 valence electrons. The van der Waals surface area contributed by atoms with Crippen molar-refractivity contribution in [3.63, 3.8) is 0 Å². The third-order valence-corrected chi connectivity index (χ3v) is 5.07. The highest BCUT2D eigenvalue weighted by atomic mass is 127. The molecule has 1 spiro atoms. The quantitative estimate of drug-likeness (QED) is 0.720. The smallest absolute Gasteiger partial charge is 0.415 e. The lowest BCUT2D eigenvalue weighted by molar-refractivity contribution is -0.131. The maximum absolute atomic E-state index is 11.9. The molecule has 3 rings (SSSR count). The number of alkyl carbamates (subject to hydrolysis) is 1. The number of imide groups is 1. The summed E-state index contributed by atoms with van der Waals surface area (Å²) in [6.45, 7) is 0. The van der Waals surface area contributed by atoms with Crippen LogP contribution in [0, 0.1) is 3.57 Å². The monoisotopic (exact) mass is 363 g/mol. The van der Waals surface area contributed by atoms with Crippen LogP contribution in [0.4, 0.5) is 4.79 Å². The summed E-state index contributed by atoms with van der Waals surface area (Å²) in [5, 5.41) is 2.85. The highest BCUT2D eigenvalue weighted by molar-refractivity contribution is 14.1. The number of nitrogens with one attached hydrogen (secondary N) is 1. The van der Waals surface area contributed by atoms with Crippen LogP contribution in [0.2, 0.25) is 5.02 Å². The lowest BCUT2D eigenvalue weighted by Gasteiger charge is -2.19. The average Bonchev–Trinajstić information content (AvgIpc) is 2.77. The fourth-order valence-electron chi connectivity index (χ4n) is 2.42. The van der Waals surface area contributed by atoms with E-state index in [4.69, 9.17) is 16.3 Å². The van der Waals surface area contributed by atoms with Crippen molar-refractivity contribution in [1.82, 2.24) is 5.32 Å². The van der Waals surface area contributed by atoms with Crippen molar-refractivity contribution in [2.45, 2.75) is 18.4 Å². The number of carbonyl (C=O) groups is 2. The fraction of sp³-hybridized carbons (Fsp3) is 0.273. The lowest BCUT2D eigenvalue weighted by Crippen LogP contribution is -2.34. The zero-order valence-corrected chi connectivity index (χ0v) is 11.5. The maximum atomic E-state index is 11.9. The van der Waals surface area contributed by atoms with Gasteiger partial charge in [-0.15, -0.1) is 0 Å². The Labute approximate surface area is 116 Å². The van der Waals surface area contributed by atoms with Crippen LogP contribution < -0.4 is 5.32 Å². The van der Waals surface area contributed by atoms with Crippen molar-refractivity contribution in [3.05, 3.63) is 31.9 Å². The SMILES string of the molecule is O=C1NC(=O)C2(CCc3c2ccc(Cl)c3I)O1. The fourth-order valence-corrected chi connectivity index (χ4v) is 3.33. The van der Waals surface area contributed by atoms with E-state index in [0.29, 0.717) is 17.9 Å². The summed E-state index contributed by atoms with van der Waals surface area (Å²) in [7, 11) is 0. The first-order valence-electron chi connectivity index (χ1n) is 5.06. The molecule has 0 radical (unpaired) electrons. The van der Waals surface area contributed by atoms with E-state index in [1.165, 1.54) is 0 Å². The summed E-state index contributed by atoms with van der Waals surface area (Å²) in [6, 6.07) is 3.50. The van der Waals surface area contributed by atoms with Crippen molar-refractivity contribution < 1.29 is 14.3 Å². The molecule has 1 aromatic rings. The topological polar surface area (TPSA) is 55.4 Å². The minimum absolute atomic E-state index is 0.376. The summed E-state index contributed by atoms with van der Waals surface area (Å²) in [6.07, 6.45) is 0.498. The molecule has 2 aliphatic rings. The Kier molecular flexibility index (Phi) is 2.38. The van der Waals surface area contributed by atoms with Gasteiger partial charge in [0, 0.05) is 15.6 Å². The number of amides is 2. The van der Waals surface area contributed by atoms with Gasteiger partial charge in [-0.1, -0.05) is 17.7 Å². The first-order chi connectivity index (χ1) is 8.04. The predicted octanol–water partition coefficient (Wildman–Crippen LogP) is 2.35. The maximum Gasteiger partial charge on any atom is 0.415 e. The van der Waals surface area contributed by atoms with Gasteiger partial charge in [-0.2, -0.15) is 0 Å². The summed E-state index contributed by atoms with van der Waals surface area (Å²) >= 11 is 8.19. The van der Waals surface area contributed by atoms with Crippen molar-refractivity contribution >= 4 is 46.2 Å². The Morgan fingerprint density at radius 1 is 1.41 bits per heavy atom. The molecule has 1 fully saturated rings. The van der Waals surface area contributed by atoms with Crippen molar-refractivity contribution in [2.75, 3.05) is 0 Å². The van der Waals surface area contributed by atoms with Crippen LogP contribution in [0.5, 0.6) is 0 Å². The van der Waals surface area contributed by atoms with Crippen LogP contribution in [-0.2, 0) is 21.6 Å². The molecule has 1 unspecified atom stereocenters. The summed E-state index contributed by atoms with van der Waals surface area (Å²) in [5.74, 6) is -0.376. The van der Waals surface area contributed by atoms with Gasteiger partial charge in [0.25, 0.3) is 5.91 Å². The van der Waals surface area contributed by atoms with Gasteiger partial charge in [0.2, 0.25) is 5.60 Å². The molecule has 6 heteroatoms. The molecule has 1 atom stereocenters. The van der Waals surface area contributed by atoms with Gasteiger partial charge in [-0.05, 0) is 40.6 Å². The molecule has 1 aliphatic carbocycles. The third kappa shape index (κ3) is 1.41. The van der Waals surface area contributed by atoms with E-state index in [1.807, 2.05) is 0 Å². The summed E-state index contributed by atoms with van der Waals surface area (Å²) in [4.78, 5) is 23.1. The molecule has 4 nitrogen and oxygen atoms in total. The Bertz CT molecular complexity index is 560. The van der Waals surface area contributed by atoms with Crippen LogP contribution >= 0.6 is 34.2 Å². The number of fused-ring (bicyclic) bond motifs is 2. The zero-order valence-electron chi connectivity index (χ0n) is 8.55. The summed E-state index contributed by atoms with van der Waals surface area (Å²) in [5.41, 5.74) is 0.634. The van der Waals surface area contributed by atoms with Crippen molar-refractivity contribution in [3.8, 4) is 0 Å². The first-order valence-corrected chi connectivity index (χ1v) is 6.52. The van der Waals surface area contributed by atoms with Gasteiger partial charge in [0.1, 0.15) is 0 Å². The van der Waals surface area contributed by atoms with Gasteiger partial charge in [-0.25, -0.2) is 4.79 Å². The third-order valence-electron chi connectivity index (χ3n) is 3.21. The highest BCUT2D eigenvalue weighted by Gasteiger charge is 2.54. The number of halogens is 2. The minimum atomic E-state index is -1.13. The van der Waals surface area contributed by atoms with Crippen LogP contribution in [0.15, 0.2) is 12.1 Å². The number of hydrogen-bond donors (Lipinski definition) is 1. The van der Waals surface area contributed by atoms with Crippen molar-refractivity contribution in [2.24, 2.45) is 0 Å². The van der Waals surface area contributed by atoms with E-state index < -0.39 is 11.7 Å². The van der Waals surface area contributed by atoms with E-state index in [2.05, 4.69) is 27.9 Å². The Morgan fingerprint density at radius 3 is 2.82 bits per heavy atom. The molecular weight excluding hydrogens is 356 g/mol. The van der Waals surface area contributed by atoms with Gasteiger partial charge in [0.15, 0.2) is 0 Å². The van der Waals surface area contributed by atoms with E-state index in [-0.39, 0.29) is 5.91 Å². The standard InChI is InChI=1S/C11H7ClINO3/c12-7-2-1-6-5(8(7)13)3-4-11(6)9(15)14-10(16)17-11/h1-2H,3-4H2,(H,14,15,16). The molecule has 0 bridgehead atoms. The Hall–Kier alpha value is -0.820.